The molecule has 1 atom stereocenters. The number of anilines is 1. The Kier molecular flexibility index (Phi) is 3.38. The first kappa shape index (κ1) is 12.9. The number of aromatic nitrogens is 1. The fourth-order valence-corrected chi connectivity index (χ4v) is 3.92. The first-order chi connectivity index (χ1) is 10.4. The lowest BCUT2D eigenvalue weighted by Gasteiger charge is -2.27. The molecular formula is C19H22N2. The van der Waals surface area contributed by atoms with Gasteiger partial charge in [-0.25, -0.2) is 0 Å². The van der Waals surface area contributed by atoms with Crippen LogP contribution in [0.4, 0.5) is 5.69 Å². The summed E-state index contributed by atoms with van der Waals surface area (Å²) in [4.78, 5) is 4.69. The summed E-state index contributed by atoms with van der Waals surface area (Å²) in [5.41, 5.74) is 7.20. The molecule has 0 amide bonds. The summed E-state index contributed by atoms with van der Waals surface area (Å²) in [7, 11) is 0. The van der Waals surface area contributed by atoms with Crippen LogP contribution in [0.2, 0.25) is 0 Å². The molecule has 0 saturated heterocycles. The van der Waals surface area contributed by atoms with Crippen LogP contribution in [0.5, 0.6) is 0 Å². The van der Waals surface area contributed by atoms with Crippen molar-refractivity contribution in [1.29, 1.82) is 0 Å². The van der Waals surface area contributed by atoms with Crippen LogP contribution in [0.3, 0.4) is 0 Å². The Morgan fingerprint density at radius 3 is 2.95 bits per heavy atom. The van der Waals surface area contributed by atoms with E-state index in [0.717, 1.165) is 13.0 Å². The minimum absolute atomic E-state index is 0.588. The highest BCUT2D eigenvalue weighted by molar-refractivity contribution is 5.59. The summed E-state index contributed by atoms with van der Waals surface area (Å²) in [6.07, 6.45) is 9.32. The van der Waals surface area contributed by atoms with Crippen LogP contribution in [0.15, 0.2) is 36.5 Å². The largest absolute Gasteiger partial charge is 0.385 e. The van der Waals surface area contributed by atoms with E-state index in [-0.39, 0.29) is 0 Å². The van der Waals surface area contributed by atoms with Crippen molar-refractivity contribution >= 4 is 5.69 Å². The lowest BCUT2D eigenvalue weighted by Crippen LogP contribution is -2.17. The molecular weight excluding hydrogens is 256 g/mol. The van der Waals surface area contributed by atoms with Gasteiger partial charge in [-0.1, -0.05) is 24.3 Å². The van der Waals surface area contributed by atoms with Gasteiger partial charge in [-0.05, 0) is 61.3 Å². The average Bonchev–Trinajstić information content (AvgIpc) is 2.56. The molecule has 0 fully saturated rings. The van der Waals surface area contributed by atoms with E-state index in [1.165, 1.54) is 60.2 Å². The van der Waals surface area contributed by atoms with Crippen molar-refractivity contribution in [2.24, 2.45) is 0 Å². The highest BCUT2D eigenvalue weighted by Gasteiger charge is 2.23. The second-order valence-electron chi connectivity index (χ2n) is 6.32. The average molecular weight is 278 g/mol. The van der Waals surface area contributed by atoms with E-state index < -0.39 is 0 Å². The summed E-state index contributed by atoms with van der Waals surface area (Å²) in [5.74, 6) is 0.588. The van der Waals surface area contributed by atoms with Gasteiger partial charge in [0.25, 0.3) is 0 Å². The zero-order valence-corrected chi connectivity index (χ0v) is 12.4. The van der Waals surface area contributed by atoms with E-state index in [2.05, 4.69) is 40.6 Å². The molecule has 1 unspecified atom stereocenters. The molecule has 2 aliphatic rings. The molecule has 1 aliphatic carbocycles. The number of fused-ring (bicyclic) bond motifs is 2. The van der Waals surface area contributed by atoms with Crippen molar-refractivity contribution in [3.63, 3.8) is 0 Å². The summed E-state index contributed by atoms with van der Waals surface area (Å²) in [6, 6.07) is 11.1. The molecule has 0 spiro atoms. The molecule has 2 aromatic rings. The Morgan fingerprint density at radius 1 is 1.05 bits per heavy atom. The lowest BCUT2D eigenvalue weighted by molar-refractivity contribution is 0.535. The number of hydrogen-bond donors (Lipinski definition) is 1. The van der Waals surface area contributed by atoms with Crippen molar-refractivity contribution in [3.05, 3.63) is 58.9 Å². The predicted octanol–water partition coefficient (Wildman–Crippen LogP) is 4.10. The highest BCUT2D eigenvalue weighted by Crippen LogP contribution is 2.35. The van der Waals surface area contributed by atoms with Gasteiger partial charge < -0.3 is 5.32 Å². The highest BCUT2D eigenvalue weighted by atomic mass is 14.9. The monoisotopic (exact) mass is 278 g/mol. The molecule has 2 nitrogen and oxygen atoms in total. The molecule has 0 saturated carbocycles. The van der Waals surface area contributed by atoms with E-state index in [4.69, 9.17) is 0 Å². The number of aryl methyl sites for hydroxylation is 2. The third-order valence-corrected chi connectivity index (χ3v) is 4.94. The zero-order chi connectivity index (χ0) is 14.1. The number of nitrogens with zero attached hydrogens (tertiary/aromatic N) is 1. The van der Waals surface area contributed by atoms with Crippen LogP contribution < -0.4 is 5.32 Å². The molecule has 1 aromatic heterocycles. The van der Waals surface area contributed by atoms with Gasteiger partial charge in [0.2, 0.25) is 0 Å². The second-order valence-corrected chi connectivity index (χ2v) is 6.32. The first-order valence-corrected chi connectivity index (χ1v) is 8.20. The third-order valence-electron chi connectivity index (χ3n) is 4.94. The maximum absolute atomic E-state index is 4.69. The SMILES string of the molecule is c1cnc2c(c1)CCCC2Cc1cccc2c1NCCC2. The molecule has 2 heterocycles. The van der Waals surface area contributed by atoms with Gasteiger partial charge in [0.1, 0.15) is 0 Å². The zero-order valence-electron chi connectivity index (χ0n) is 12.4. The molecule has 0 bridgehead atoms. The Balaban J connectivity index is 1.66. The molecule has 4 rings (SSSR count). The van der Waals surface area contributed by atoms with Crippen LogP contribution in [0.1, 0.15) is 47.6 Å². The molecule has 0 radical (unpaired) electrons. The van der Waals surface area contributed by atoms with Crippen LogP contribution in [0, 0.1) is 0 Å². The van der Waals surface area contributed by atoms with Gasteiger partial charge >= 0.3 is 0 Å². The van der Waals surface area contributed by atoms with E-state index in [1.807, 2.05) is 6.20 Å². The maximum Gasteiger partial charge on any atom is 0.0469 e. The third kappa shape index (κ3) is 2.44. The van der Waals surface area contributed by atoms with Gasteiger partial charge in [-0.15, -0.1) is 0 Å². The van der Waals surface area contributed by atoms with E-state index in [1.54, 1.807) is 0 Å². The van der Waals surface area contributed by atoms with Gasteiger partial charge in [0.05, 0.1) is 0 Å². The van der Waals surface area contributed by atoms with Crippen LogP contribution >= 0.6 is 0 Å². The van der Waals surface area contributed by atoms with Crippen molar-refractivity contribution in [2.75, 3.05) is 11.9 Å². The van der Waals surface area contributed by atoms with Gasteiger partial charge in [-0.2, -0.15) is 0 Å². The topological polar surface area (TPSA) is 24.9 Å². The van der Waals surface area contributed by atoms with Crippen molar-refractivity contribution < 1.29 is 0 Å². The molecule has 21 heavy (non-hydrogen) atoms. The Bertz CT molecular complexity index is 648. The smallest absolute Gasteiger partial charge is 0.0469 e. The Hall–Kier alpha value is -1.83. The molecule has 1 N–H and O–H groups in total. The molecule has 108 valence electrons. The molecule has 1 aromatic carbocycles. The molecule has 1 aliphatic heterocycles. The number of hydrogen-bond acceptors (Lipinski definition) is 2. The first-order valence-electron chi connectivity index (χ1n) is 8.20. The summed E-state index contributed by atoms with van der Waals surface area (Å²) in [6.45, 7) is 1.11. The summed E-state index contributed by atoms with van der Waals surface area (Å²) >= 11 is 0. The number of rotatable bonds is 2. The lowest BCUT2D eigenvalue weighted by atomic mass is 9.82. The summed E-state index contributed by atoms with van der Waals surface area (Å²) in [5, 5.41) is 3.62. The number of nitrogens with one attached hydrogen (secondary N) is 1. The van der Waals surface area contributed by atoms with Gasteiger partial charge in [0.15, 0.2) is 0 Å². The minimum atomic E-state index is 0.588. The molecule has 2 heteroatoms. The van der Waals surface area contributed by atoms with E-state index >= 15 is 0 Å². The number of benzene rings is 1. The van der Waals surface area contributed by atoms with Crippen LogP contribution in [-0.2, 0) is 19.3 Å². The van der Waals surface area contributed by atoms with Crippen molar-refractivity contribution in [1.82, 2.24) is 4.98 Å². The fraction of sp³-hybridized carbons (Fsp3) is 0.421. The second kappa shape index (κ2) is 5.51. The normalized spacial score (nSPS) is 20.3. The van der Waals surface area contributed by atoms with Gasteiger partial charge in [0, 0.05) is 30.0 Å². The van der Waals surface area contributed by atoms with Crippen molar-refractivity contribution in [3.8, 4) is 0 Å². The minimum Gasteiger partial charge on any atom is -0.385 e. The van der Waals surface area contributed by atoms with Crippen molar-refractivity contribution in [2.45, 2.75) is 44.4 Å². The standard InChI is InChI=1S/C19H22N2/c1-5-14-9-3-11-20-18(14)16(7-1)13-17-8-2-6-15-10-4-12-21-19(15)17/h1,4-5,7,10,12,17,20H,2-3,6,8-9,11,13H2. The summed E-state index contributed by atoms with van der Waals surface area (Å²) < 4.78 is 0. The van der Waals surface area contributed by atoms with E-state index in [0.29, 0.717) is 5.92 Å². The van der Waals surface area contributed by atoms with Crippen LogP contribution in [0.25, 0.3) is 0 Å². The quantitative estimate of drug-likeness (QED) is 0.894. The Morgan fingerprint density at radius 2 is 1.95 bits per heavy atom. The number of pyridine rings is 1. The van der Waals surface area contributed by atoms with Crippen LogP contribution in [-0.4, -0.2) is 11.5 Å². The maximum atomic E-state index is 4.69. The van der Waals surface area contributed by atoms with Gasteiger partial charge in [-0.3, -0.25) is 4.98 Å². The predicted molar refractivity (Wildman–Crippen MR) is 86.9 cm³/mol. The Labute approximate surface area is 126 Å². The fourth-order valence-electron chi connectivity index (χ4n) is 3.92. The number of para-hydroxylation sites is 1. The van der Waals surface area contributed by atoms with E-state index in [9.17, 15) is 0 Å².